The average molecular weight is 409 g/mol. The number of ether oxygens (including phenoxy) is 1. The van der Waals surface area contributed by atoms with Crippen LogP contribution in [0.15, 0.2) is 0 Å². The molecule has 0 aliphatic carbocycles. The van der Waals surface area contributed by atoms with Crippen LogP contribution < -0.4 is 0 Å². The molecule has 0 fully saturated rings. The number of hydrogen-bond acceptors (Lipinski definition) is 5. The van der Waals surface area contributed by atoms with Gasteiger partial charge in [-0.05, 0) is 6.42 Å². The Balaban J connectivity index is 3.51. The van der Waals surface area contributed by atoms with Crippen LogP contribution >= 0.6 is 0 Å². The van der Waals surface area contributed by atoms with E-state index in [9.17, 15) is 18.0 Å². The Morgan fingerprint density at radius 2 is 1.22 bits per heavy atom. The van der Waals surface area contributed by atoms with Gasteiger partial charge in [-0.2, -0.15) is 8.42 Å². The lowest BCUT2D eigenvalue weighted by Crippen LogP contribution is -2.32. The Kier molecular flexibility index (Phi) is 15.2. The number of rotatable bonds is 18. The van der Waals surface area contributed by atoms with E-state index in [0.29, 0.717) is 6.42 Å². The molecular weight excluding hydrogens is 372 g/mol. The summed E-state index contributed by atoms with van der Waals surface area (Å²) in [6.45, 7) is 2.36. The monoisotopic (exact) mass is 408 g/mol. The minimum atomic E-state index is -4.82. The standard InChI is InChI=1S/C19H36O7S/c1-2-3-4-5-6-7-8-9-10-11-12-13-14-15-26-18(20)16-17(19(21)22)27(23,24)25/h17H,2-16H2,1H3,(H,21,22)(H,23,24,25). The van der Waals surface area contributed by atoms with E-state index in [-0.39, 0.29) is 6.61 Å². The maximum absolute atomic E-state index is 11.5. The van der Waals surface area contributed by atoms with Gasteiger partial charge < -0.3 is 9.84 Å². The van der Waals surface area contributed by atoms with Crippen molar-refractivity contribution in [2.45, 2.75) is 102 Å². The van der Waals surface area contributed by atoms with E-state index in [4.69, 9.17) is 14.4 Å². The van der Waals surface area contributed by atoms with Crippen LogP contribution in [-0.2, 0) is 24.4 Å². The van der Waals surface area contributed by atoms with Crippen molar-refractivity contribution in [2.24, 2.45) is 0 Å². The van der Waals surface area contributed by atoms with Gasteiger partial charge in [0.25, 0.3) is 10.1 Å². The topological polar surface area (TPSA) is 118 Å². The molecule has 0 saturated carbocycles. The van der Waals surface area contributed by atoms with E-state index in [2.05, 4.69) is 6.92 Å². The quantitative estimate of drug-likeness (QED) is 0.197. The summed E-state index contributed by atoms with van der Waals surface area (Å²) in [7, 11) is -4.82. The molecule has 0 aromatic heterocycles. The predicted molar refractivity (Wildman–Crippen MR) is 104 cm³/mol. The van der Waals surface area contributed by atoms with Crippen LogP contribution in [0.5, 0.6) is 0 Å². The third-order valence-electron chi connectivity index (χ3n) is 4.50. The lowest BCUT2D eigenvalue weighted by Gasteiger charge is -2.09. The minimum absolute atomic E-state index is 0.133. The smallest absolute Gasteiger partial charge is 0.325 e. The molecule has 2 N–H and O–H groups in total. The summed E-state index contributed by atoms with van der Waals surface area (Å²) < 4.78 is 35.4. The molecule has 7 nitrogen and oxygen atoms in total. The molecule has 0 aromatic carbocycles. The van der Waals surface area contributed by atoms with Gasteiger partial charge in [0.15, 0.2) is 5.25 Å². The zero-order chi connectivity index (χ0) is 20.5. The first-order valence-electron chi connectivity index (χ1n) is 10.1. The summed E-state index contributed by atoms with van der Waals surface area (Å²) >= 11 is 0. The van der Waals surface area contributed by atoms with Crippen molar-refractivity contribution in [1.82, 2.24) is 0 Å². The second-order valence-electron chi connectivity index (χ2n) is 7.01. The van der Waals surface area contributed by atoms with Gasteiger partial charge in [-0.25, -0.2) is 0 Å². The van der Waals surface area contributed by atoms with Gasteiger partial charge in [0, 0.05) is 0 Å². The highest BCUT2D eigenvalue weighted by molar-refractivity contribution is 7.87. The maximum Gasteiger partial charge on any atom is 0.325 e. The van der Waals surface area contributed by atoms with Gasteiger partial charge in [0.1, 0.15) is 0 Å². The Hall–Kier alpha value is -1.15. The van der Waals surface area contributed by atoms with Crippen molar-refractivity contribution in [2.75, 3.05) is 6.61 Å². The number of carbonyl (C=O) groups is 2. The second kappa shape index (κ2) is 15.9. The number of unbranched alkanes of at least 4 members (excludes halogenated alkanes) is 12. The Labute approximate surface area is 163 Å². The summed E-state index contributed by atoms with van der Waals surface area (Å²) in [5.74, 6) is -2.70. The molecule has 1 atom stereocenters. The van der Waals surface area contributed by atoms with E-state index >= 15 is 0 Å². The van der Waals surface area contributed by atoms with Crippen LogP contribution in [-0.4, -0.2) is 41.9 Å². The maximum atomic E-state index is 11.5. The summed E-state index contributed by atoms with van der Waals surface area (Å²) in [4.78, 5) is 22.2. The van der Waals surface area contributed by atoms with Gasteiger partial charge in [-0.15, -0.1) is 0 Å². The van der Waals surface area contributed by atoms with E-state index in [0.717, 1.165) is 19.3 Å². The molecule has 0 amide bonds. The van der Waals surface area contributed by atoms with Crippen LogP contribution in [0.1, 0.15) is 96.8 Å². The van der Waals surface area contributed by atoms with Gasteiger partial charge in [0.2, 0.25) is 0 Å². The van der Waals surface area contributed by atoms with Crippen LogP contribution in [0.4, 0.5) is 0 Å². The molecule has 27 heavy (non-hydrogen) atoms. The Bertz CT molecular complexity index is 502. The summed E-state index contributed by atoms with van der Waals surface area (Å²) in [5, 5.41) is 6.54. The fourth-order valence-electron chi connectivity index (χ4n) is 2.84. The first-order valence-corrected chi connectivity index (χ1v) is 11.6. The predicted octanol–water partition coefficient (Wildman–Crippen LogP) is 4.35. The molecule has 0 aliphatic heterocycles. The lowest BCUT2D eigenvalue weighted by molar-refractivity contribution is -0.147. The van der Waals surface area contributed by atoms with Crippen LogP contribution in [0, 0.1) is 0 Å². The fourth-order valence-corrected chi connectivity index (χ4v) is 3.44. The normalized spacial score (nSPS) is 12.7. The molecule has 0 bridgehead atoms. The molecule has 0 aliphatic rings. The Morgan fingerprint density at radius 1 is 0.815 bits per heavy atom. The lowest BCUT2D eigenvalue weighted by atomic mass is 10.0. The van der Waals surface area contributed by atoms with Crippen molar-refractivity contribution in [3.05, 3.63) is 0 Å². The van der Waals surface area contributed by atoms with Crippen LogP contribution in [0.3, 0.4) is 0 Å². The Morgan fingerprint density at radius 3 is 1.59 bits per heavy atom. The summed E-state index contributed by atoms with van der Waals surface area (Å²) in [5.41, 5.74) is 0. The SMILES string of the molecule is CCCCCCCCCCCCCCCOC(=O)CC(C(=O)O)S(=O)(=O)O. The van der Waals surface area contributed by atoms with Crippen molar-refractivity contribution in [3.8, 4) is 0 Å². The van der Waals surface area contributed by atoms with E-state index in [1.54, 1.807) is 0 Å². The van der Waals surface area contributed by atoms with Crippen LogP contribution in [0.2, 0.25) is 0 Å². The highest BCUT2D eigenvalue weighted by Gasteiger charge is 2.33. The van der Waals surface area contributed by atoms with Gasteiger partial charge >= 0.3 is 11.9 Å². The van der Waals surface area contributed by atoms with Crippen molar-refractivity contribution in [1.29, 1.82) is 0 Å². The molecule has 0 heterocycles. The van der Waals surface area contributed by atoms with Crippen molar-refractivity contribution >= 4 is 22.1 Å². The third-order valence-corrected chi connectivity index (χ3v) is 5.59. The largest absolute Gasteiger partial charge is 0.480 e. The fraction of sp³-hybridized carbons (Fsp3) is 0.895. The second-order valence-corrected chi connectivity index (χ2v) is 8.61. The minimum Gasteiger partial charge on any atom is -0.480 e. The van der Waals surface area contributed by atoms with Gasteiger partial charge in [-0.1, -0.05) is 84.0 Å². The molecule has 0 saturated heterocycles. The third kappa shape index (κ3) is 15.6. The van der Waals surface area contributed by atoms with Crippen molar-refractivity contribution in [3.63, 3.8) is 0 Å². The van der Waals surface area contributed by atoms with E-state index in [1.807, 2.05) is 0 Å². The molecule has 160 valence electrons. The number of carboxylic acids is 1. The number of esters is 1. The van der Waals surface area contributed by atoms with Gasteiger partial charge in [0.05, 0.1) is 13.0 Å². The molecule has 0 radical (unpaired) electrons. The molecule has 0 rings (SSSR count). The molecule has 0 spiro atoms. The number of hydrogen-bond donors (Lipinski definition) is 2. The molecular formula is C19H36O7S. The first-order chi connectivity index (χ1) is 12.8. The summed E-state index contributed by atoms with van der Waals surface area (Å²) in [6, 6.07) is 0. The summed E-state index contributed by atoms with van der Waals surface area (Å²) in [6.07, 6.45) is 14.6. The molecule has 1 unspecified atom stereocenters. The highest BCUT2D eigenvalue weighted by Crippen LogP contribution is 2.12. The first kappa shape index (κ1) is 25.9. The zero-order valence-corrected chi connectivity index (χ0v) is 17.3. The van der Waals surface area contributed by atoms with Gasteiger partial charge in [-0.3, -0.25) is 14.1 Å². The highest BCUT2D eigenvalue weighted by atomic mass is 32.2. The number of aliphatic carboxylic acids is 1. The number of carbonyl (C=O) groups excluding carboxylic acids is 1. The molecule has 0 aromatic rings. The van der Waals surface area contributed by atoms with E-state index < -0.39 is 33.7 Å². The average Bonchev–Trinajstić information content (AvgIpc) is 2.58. The van der Waals surface area contributed by atoms with E-state index in [1.165, 1.54) is 57.8 Å². The van der Waals surface area contributed by atoms with Crippen molar-refractivity contribution < 1.29 is 32.4 Å². The number of carboxylic acid groups (broad SMARTS) is 1. The zero-order valence-electron chi connectivity index (χ0n) is 16.5. The molecule has 8 heteroatoms. The van der Waals surface area contributed by atoms with Crippen LogP contribution in [0.25, 0.3) is 0 Å².